The van der Waals surface area contributed by atoms with E-state index in [2.05, 4.69) is 4.98 Å². The van der Waals surface area contributed by atoms with Crippen molar-refractivity contribution in [1.82, 2.24) is 9.55 Å². The molecule has 0 unspecified atom stereocenters. The molecule has 0 spiro atoms. The third kappa shape index (κ3) is 2.46. The molecule has 0 bridgehead atoms. The smallest absolute Gasteiger partial charge is 0.213 e. The van der Waals surface area contributed by atoms with Crippen LogP contribution in [-0.2, 0) is 6.54 Å². The number of nitrogens with zero attached hydrogens (tertiary/aromatic N) is 2. The van der Waals surface area contributed by atoms with Crippen LogP contribution in [0.1, 0.15) is 21.6 Å². The van der Waals surface area contributed by atoms with Gasteiger partial charge in [0.15, 0.2) is 0 Å². The molecule has 0 aliphatic carbocycles. The van der Waals surface area contributed by atoms with Crippen molar-refractivity contribution in [1.29, 1.82) is 0 Å². The lowest BCUT2D eigenvalue weighted by Gasteiger charge is -2.02. The minimum Gasteiger partial charge on any atom is -0.335 e. The predicted molar refractivity (Wildman–Crippen MR) is 65.9 cm³/mol. The number of hydrogen-bond acceptors (Lipinski definition) is 3. The Morgan fingerprint density at radius 1 is 1.50 bits per heavy atom. The molecule has 1 heterocycles. The number of ketones is 1. The highest BCUT2D eigenvalue weighted by molar-refractivity contribution is 6.08. The van der Waals surface area contributed by atoms with Crippen LogP contribution in [0.4, 0.5) is 4.39 Å². The fourth-order valence-corrected chi connectivity index (χ4v) is 1.77. The zero-order valence-electron chi connectivity index (χ0n) is 10.1. The molecule has 1 aromatic carbocycles. The van der Waals surface area contributed by atoms with Crippen LogP contribution in [0, 0.1) is 12.7 Å². The maximum atomic E-state index is 13.0. The molecule has 2 N–H and O–H groups in total. The third-order valence-electron chi connectivity index (χ3n) is 2.69. The van der Waals surface area contributed by atoms with Gasteiger partial charge >= 0.3 is 0 Å². The van der Waals surface area contributed by atoms with Crippen molar-refractivity contribution >= 4 is 5.78 Å². The van der Waals surface area contributed by atoms with Gasteiger partial charge in [0.05, 0.1) is 6.33 Å². The maximum Gasteiger partial charge on any atom is 0.213 e. The van der Waals surface area contributed by atoms with E-state index < -0.39 is 0 Å². The van der Waals surface area contributed by atoms with Crippen LogP contribution >= 0.6 is 0 Å². The second kappa shape index (κ2) is 5.10. The van der Waals surface area contributed by atoms with Crippen LogP contribution in [-0.4, -0.2) is 21.9 Å². The van der Waals surface area contributed by atoms with Crippen molar-refractivity contribution in [3.8, 4) is 0 Å². The molecule has 2 rings (SSSR count). The Labute approximate surface area is 104 Å². The van der Waals surface area contributed by atoms with Crippen molar-refractivity contribution in [2.45, 2.75) is 13.5 Å². The fourth-order valence-electron chi connectivity index (χ4n) is 1.77. The molecule has 0 atom stereocenters. The normalized spacial score (nSPS) is 10.6. The Kier molecular flexibility index (Phi) is 3.53. The van der Waals surface area contributed by atoms with E-state index in [0.29, 0.717) is 29.9 Å². The Hall–Kier alpha value is -2.01. The van der Waals surface area contributed by atoms with Gasteiger partial charge in [0.25, 0.3) is 0 Å². The van der Waals surface area contributed by atoms with E-state index in [1.54, 1.807) is 24.0 Å². The highest BCUT2D eigenvalue weighted by Crippen LogP contribution is 2.14. The van der Waals surface area contributed by atoms with Gasteiger partial charge in [0.2, 0.25) is 5.78 Å². The summed E-state index contributed by atoms with van der Waals surface area (Å²) in [7, 11) is 0. The van der Waals surface area contributed by atoms with Crippen LogP contribution in [0.3, 0.4) is 0 Å². The molecule has 0 radical (unpaired) electrons. The first-order valence-electron chi connectivity index (χ1n) is 5.64. The minimum absolute atomic E-state index is 0.205. The van der Waals surface area contributed by atoms with Crippen molar-refractivity contribution in [2.75, 3.05) is 6.54 Å². The average Bonchev–Trinajstić information content (AvgIpc) is 2.77. The Balaban J connectivity index is 2.29. The van der Waals surface area contributed by atoms with E-state index in [-0.39, 0.29) is 11.6 Å². The summed E-state index contributed by atoms with van der Waals surface area (Å²) in [5.74, 6) is -0.555. The number of nitrogens with two attached hydrogens (primary N) is 1. The van der Waals surface area contributed by atoms with Gasteiger partial charge in [-0.25, -0.2) is 9.37 Å². The quantitative estimate of drug-likeness (QED) is 0.833. The molecule has 0 saturated carbocycles. The molecule has 4 nitrogen and oxygen atoms in total. The Bertz CT molecular complexity index is 577. The summed E-state index contributed by atoms with van der Waals surface area (Å²) >= 11 is 0. The summed E-state index contributed by atoms with van der Waals surface area (Å²) in [6.07, 6.45) is 3.22. The summed E-state index contributed by atoms with van der Waals surface area (Å²) in [6.45, 7) is 2.80. The first-order chi connectivity index (χ1) is 8.61. The lowest BCUT2D eigenvalue weighted by molar-refractivity contribution is 0.103. The summed E-state index contributed by atoms with van der Waals surface area (Å²) in [5.41, 5.74) is 6.84. The largest absolute Gasteiger partial charge is 0.335 e. The number of aryl methyl sites for hydroxylation is 1. The van der Waals surface area contributed by atoms with E-state index >= 15 is 0 Å². The second-order valence-electron chi connectivity index (χ2n) is 4.07. The molecule has 2 aromatic rings. The first-order valence-corrected chi connectivity index (χ1v) is 5.64. The van der Waals surface area contributed by atoms with E-state index in [1.165, 1.54) is 18.2 Å². The summed E-state index contributed by atoms with van der Waals surface area (Å²) in [4.78, 5) is 16.2. The average molecular weight is 247 g/mol. The topological polar surface area (TPSA) is 60.9 Å². The lowest BCUT2D eigenvalue weighted by Crippen LogP contribution is -2.08. The predicted octanol–water partition coefficient (Wildman–Crippen LogP) is 1.52. The zero-order valence-corrected chi connectivity index (χ0v) is 10.1. The molecular weight excluding hydrogens is 233 g/mol. The monoisotopic (exact) mass is 247 g/mol. The minimum atomic E-state index is -0.349. The number of rotatable bonds is 4. The maximum absolute atomic E-state index is 13.0. The molecule has 0 aliphatic heterocycles. The highest BCUT2D eigenvalue weighted by Gasteiger charge is 2.14. The van der Waals surface area contributed by atoms with Crippen LogP contribution in [0.25, 0.3) is 0 Å². The SMILES string of the molecule is Cc1cc(F)ccc1C(=O)c1cn(CCN)cn1. The fraction of sp³-hybridized carbons (Fsp3) is 0.231. The molecular formula is C13H14FN3O. The van der Waals surface area contributed by atoms with Gasteiger partial charge in [0.1, 0.15) is 11.5 Å². The standard InChI is InChI=1S/C13H14FN3O/c1-9-6-10(14)2-3-11(9)13(18)12-7-17(5-4-15)8-16-12/h2-3,6-8H,4-5,15H2,1H3. The van der Waals surface area contributed by atoms with Crippen molar-refractivity contribution in [3.63, 3.8) is 0 Å². The third-order valence-corrected chi connectivity index (χ3v) is 2.69. The molecule has 0 saturated heterocycles. The second-order valence-corrected chi connectivity index (χ2v) is 4.07. The Morgan fingerprint density at radius 2 is 2.28 bits per heavy atom. The number of carbonyl (C=O) groups is 1. The summed E-state index contributed by atoms with van der Waals surface area (Å²) in [5, 5.41) is 0. The molecule has 18 heavy (non-hydrogen) atoms. The lowest BCUT2D eigenvalue weighted by atomic mass is 10.0. The van der Waals surface area contributed by atoms with Gasteiger partial charge in [-0.3, -0.25) is 4.79 Å². The van der Waals surface area contributed by atoms with Gasteiger partial charge in [-0.1, -0.05) is 0 Å². The number of benzene rings is 1. The summed E-state index contributed by atoms with van der Waals surface area (Å²) < 4.78 is 14.7. The van der Waals surface area contributed by atoms with Crippen molar-refractivity contribution in [2.24, 2.45) is 5.73 Å². The van der Waals surface area contributed by atoms with E-state index in [0.717, 1.165) is 0 Å². The molecule has 1 aromatic heterocycles. The van der Waals surface area contributed by atoms with Crippen LogP contribution in [0.2, 0.25) is 0 Å². The van der Waals surface area contributed by atoms with Gasteiger partial charge in [-0.15, -0.1) is 0 Å². The molecule has 0 aliphatic rings. The molecule has 0 amide bonds. The van der Waals surface area contributed by atoms with Crippen molar-refractivity contribution in [3.05, 3.63) is 53.4 Å². The highest BCUT2D eigenvalue weighted by atomic mass is 19.1. The van der Waals surface area contributed by atoms with E-state index in [4.69, 9.17) is 5.73 Å². The van der Waals surface area contributed by atoms with E-state index in [9.17, 15) is 9.18 Å². The van der Waals surface area contributed by atoms with Crippen molar-refractivity contribution < 1.29 is 9.18 Å². The number of imidazole rings is 1. The van der Waals surface area contributed by atoms with Crippen LogP contribution in [0.5, 0.6) is 0 Å². The number of aromatic nitrogens is 2. The van der Waals surface area contributed by atoms with Crippen LogP contribution in [0.15, 0.2) is 30.7 Å². The number of carbonyl (C=O) groups excluding carboxylic acids is 1. The summed E-state index contributed by atoms with van der Waals surface area (Å²) in [6, 6.07) is 4.09. The zero-order chi connectivity index (χ0) is 13.1. The van der Waals surface area contributed by atoms with Gasteiger partial charge < -0.3 is 10.3 Å². The van der Waals surface area contributed by atoms with Crippen LogP contribution < -0.4 is 5.73 Å². The Morgan fingerprint density at radius 3 is 2.94 bits per heavy atom. The molecule has 5 heteroatoms. The first kappa shape index (κ1) is 12.4. The van der Waals surface area contributed by atoms with E-state index in [1.807, 2.05) is 0 Å². The van der Waals surface area contributed by atoms with Gasteiger partial charge in [-0.2, -0.15) is 0 Å². The van der Waals surface area contributed by atoms with Gasteiger partial charge in [0, 0.05) is 24.8 Å². The molecule has 0 fully saturated rings. The number of halogens is 1. The number of hydrogen-bond donors (Lipinski definition) is 1. The van der Waals surface area contributed by atoms with Gasteiger partial charge in [-0.05, 0) is 30.7 Å². The molecule has 94 valence electrons.